The number of nitrogens with zero attached hydrogens (tertiary/aromatic N) is 3. The summed E-state index contributed by atoms with van der Waals surface area (Å²) in [5.74, 6) is 1.88. The fourth-order valence-electron chi connectivity index (χ4n) is 4.57. The summed E-state index contributed by atoms with van der Waals surface area (Å²) in [6.07, 6.45) is 8.70. The van der Waals surface area contributed by atoms with Crippen LogP contribution in [-0.4, -0.2) is 14.6 Å². The Morgan fingerprint density at radius 2 is 1.62 bits per heavy atom. The molecule has 2 aromatic heterocycles. The van der Waals surface area contributed by atoms with E-state index in [9.17, 15) is 0 Å². The predicted molar refractivity (Wildman–Crippen MR) is 114 cm³/mol. The van der Waals surface area contributed by atoms with Crippen LogP contribution in [0.15, 0.2) is 79.1 Å². The maximum absolute atomic E-state index is 5.97. The molecule has 2 unspecified atom stereocenters. The molecule has 1 aliphatic carbocycles. The van der Waals surface area contributed by atoms with Crippen LogP contribution in [0.5, 0.6) is 5.75 Å². The van der Waals surface area contributed by atoms with Crippen molar-refractivity contribution in [2.75, 3.05) is 0 Å². The van der Waals surface area contributed by atoms with Crippen LogP contribution in [0.4, 0.5) is 0 Å². The molecule has 146 valence electrons. The molecule has 2 aromatic carbocycles. The first-order valence-corrected chi connectivity index (χ1v) is 10.4. The van der Waals surface area contributed by atoms with Crippen molar-refractivity contribution in [2.45, 2.75) is 44.1 Å². The van der Waals surface area contributed by atoms with Crippen LogP contribution >= 0.6 is 0 Å². The van der Waals surface area contributed by atoms with Crippen LogP contribution < -0.4 is 4.74 Å². The van der Waals surface area contributed by atoms with Crippen LogP contribution in [0, 0.1) is 0 Å². The van der Waals surface area contributed by atoms with E-state index in [4.69, 9.17) is 4.74 Å². The highest BCUT2D eigenvalue weighted by Crippen LogP contribution is 2.44. The van der Waals surface area contributed by atoms with Crippen molar-refractivity contribution in [3.8, 4) is 5.75 Å². The van der Waals surface area contributed by atoms with Gasteiger partial charge >= 0.3 is 0 Å². The summed E-state index contributed by atoms with van der Waals surface area (Å²) < 4.78 is 7.98. The lowest BCUT2D eigenvalue weighted by atomic mass is 9.74. The van der Waals surface area contributed by atoms with Crippen LogP contribution in [0.2, 0.25) is 0 Å². The van der Waals surface area contributed by atoms with Crippen molar-refractivity contribution < 1.29 is 4.74 Å². The lowest BCUT2D eigenvalue weighted by Gasteiger charge is -2.32. The van der Waals surface area contributed by atoms with Gasteiger partial charge in [0.05, 0.1) is 6.20 Å². The zero-order chi connectivity index (χ0) is 19.5. The van der Waals surface area contributed by atoms with Gasteiger partial charge in [-0.15, -0.1) is 0 Å². The fourth-order valence-corrected chi connectivity index (χ4v) is 4.57. The molecule has 5 rings (SSSR count). The lowest BCUT2D eigenvalue weighted by molar-refractivity contribution is 0.306. The van der Waals surface area contributed by atoms with E-state index in [1.807, 2.05) is 41.2 Å². The Bertz CT molecular complexity index is 1070. The van der Waals surface area contributed by atoms with Crippen molar-refractivity contribution in [1.29, 1.82) is 0 Å². The van der Waals surface area contributed by atoms with Gasteiger partial charge in [-0.05, 0) is 48.1 Å². The summed E-state index contributed by atoms with van der Waals surface area (Å²) in [6, 6.07) is 23.1. The van der Waals surface area contributed by atoms with E-state index in [0.29, 0.717) is 18.4 Å². The Hall–Kier alpha value is -3.14. The summed E-state index contributed by atoms with van der Waals surface area (Å²) in [5, 5.41) is 4.52. The highest BCUT2D eigenvalue weighted by molar-refractivity contribution is 5.39. The van der Waals surface area contributed by atoms with Gasteiger partial charge in [0, 0.05) is 23.9 Å². The molecule has 1 fully saturated rings. The fraction of sp³-hybridized carbons (Fsp3) is 0.280. The molecule has 4 nitrogen and oxygen atoms in total. The van der Waals surface area contributed by atoms with Crippen LogP contribution in [0.1, 0.15) is 54.3 Å². The normalized spacial score (nSPS) is 19.3. The quantitative estimate of drug-likeness (QED) is 0.440. The minimum atomic E-state index is 0.463. The molecule has 0 radical (unpaired) electrons. The zero-order valence-electron chi connectivity index (χ0n) is 16.4. The summed E-state index contributed by atoms with van der Waals surface area (Å²) in [4.78, 5) is 4.44. The number of benzene rings is 2. The second kappa shape index (κ2) is 8.08. The molecule has 2 heterocycles. The highest BCUT2D eigenvalue weighted by atomic mass is 16.5. The first-order chi connectivity index (χ1) is 14.4. The van der Waals surface area contributed by atoms with Crippen LogP contribution in [0.25, 0.3) is 5.65 Å². The van der Waals surface area contributed by atoms with Gasteiger partial charge in [0.25, 0.3) is 0 Å². The molecule has 4 aromatic rings. The molecular formula is C25H25N3O. The Labute approximate surface area is 171 Å². The summed E-state index contributed by atoms with van der Waals surface area (Å²) in [6.45, 7) is 0.598. The summed E-state index contributed by atoms with van der Waals surface area (Å²) in [5.41, 5.74) is 4.77. The van der Waals surface area contributed by atoms with E-state index in [0.717, 1.165) is 11.4 Å². The SMILES string of the molecule is c1ccc(COc2ccc(C3CCCCC3c3ccnc4ccnn34)cc2)cc1. The first-order valence-electron chi connectivity index (χ1n) is 10.4. The Morgan fingerprint density at radius 1 is 0.828 bits per heavy atom. The standard InChI is InChI=1S/C25H25N3O/c1-2-6-19(7-3-1)18-29-21-12-10-20(11-13-21)22-8-4-5-9-23(22)24-14-16-26-25-15-17-27-28(24)25/h1-3,6-7,10-17,22-23H,4-5,8-9,18H2. The number of fused-ring (bicyclic) bond motifs is 1. The Kier molecular flexibility index (Phi) is 4.99. The molecule has 1 aliphatic rings. The predicted octanol–water partition coefficient (Wildman–Crippen LogP) is 5.75. The van der Waals surface area contributed by atoms with E-state index in [1.165, 1.54) is 42.5 Å². The topological polar surface area (TPSA) is 39.4 Å². The Morgan fingerprint density at radius 3 is 2.45 bits per heavy atom. The molecule has 0 amide bonds. The summed E-state index contributed by atoms with van der Waals surface area (Å²) in [7, 11) is 0. The third-order valence-corrected chi connectivity index (χ3v) is 6.02. The second-order valence-corrected chi connectivity index (χ2v) is 7.81. The number of hydrogen-bond acceptors (Lipinski definition) is 3. The van der Waals surface area contributed by atoms with Crippen molar-refractivity contribution in [2.24, 2.45) is 0 Å². The van der Waals surface area contributed by atoms with Gasteiger partial charge in [-0.3, -0.25) is 0 Å². The van der Waals surface area contributed by atoms with E-state index in [1.54, 1.807) is 0 Å². The molecular weight excluding hydrogens is 358 g/mol. The second-order valence-electron chi connectivity index (χ2n) is 7.81. The van der Waals surface area contributed by atoms with Gasteiger partial charge in [0.2, 0.25) is 0 Å². The number of aromatic nitrogens is 3. The number of hydrogen-bond donors (Lipinski definition) is 0. The molecule has 4 heteroatoms. The van der Waals surface area contributed by atoms with Crippen LogP contribution in [0.3, 0.4) is 0 Å². The van der Waals surface area contributed by atoms with Gasteiger partial charge in [0.1, 0.15) is 12.4 Å². The maximum atomic E-state index is 5.97. The minimum Gasteiger partial charge on any atom is -0.489 e. The maximum Gasteiger partial charge on any atom is 0.155 e. The molecule has 0 spiro atoms. The van der Waals surface area contributed by atoms with E-state index in [-0.39, 0.29) is 0 Å². The van der Waals surface area contributed by atoms with Crippen molar-refractivity contribution >= 4 is 5.65 Å². The average molecular weight is 383 g/mol. The third kappa shape index (κ3) is 3.75. The van der Waals surface area contributed by atoms with Gasteiger partial charge < -0.3 is 4.74 Å². The molecule has 0 aliphatic heterocycles. The van der Waals surface area contributed by atoms with E-state index < -0.39 is 0 Å². The van der Waals surface area contributed by atoms with Gasteiger partial charge in [0.15, 0.2) is 5.65 Å². The first kappa shape index (κ1) is 17.9. The third-order valence-electron chi connectivity index (χ3n) is 6.02. The van der Waals surface area contributed by atoms with Crippen molar-refractivity contribution in [3.63, 3.8) is 0 Å². The smallest absolute Gasteiger partial charge is 0.155 e. The van der Waals surface area contributed by atoms with Crippen molar-refractivity contribution in [3.05, 3.63) is 95.9 Å². The van der Waals surface area contributed by atoms with E-state index >= 15 is 0 Å². The van der Waals surface area contributed by atoms with Gasteiger partial charge in [-0.25, -0.2) is 9.50 Å². The molecule has 1 saturated carbocycles. The molecule has 0 saturated heterocycles. The highest BCUT2D eigenvalue weighted by Gasteiger charge is 2.29. The number of ether oxygens (including phenoxy) is 1. The zero-order valence-corrected chi connectivity index (χ0v) is 16.4. The lowest BCUT2D eigenvalue weighted by Crippen LogP contribution is -2.19. The van der Waals surface area contributed by atoms with Crippen molar-refractivity contribution in [1.82, 2.24) is 14.6 Å². The van der Waals surface area contributed by atoms with Gasteiger partial charge in [-0.1, -0.05) is 55.3 Å². The molecule has 2 atom stereocenters. The molecule has 0 bridgehead atoms. The molecule has 0 N–H and O–H groups in total. The van der Waals surface area contributed by atoms with Crippen LogP contribution in [-0.2, 0) is 6.61 Å². The molecule has 29 heavy (non-hydrogen) atoms. The monoisotopic (exact) mass is 383 g/mol. The largest absolute Gasteiger partial charge is 0.489 e. The Balaban J connectivity index is 1.36. The van der Waals surface area contributed by atoms with E-state index in [2.05, 4.69) is 52.5 Å². The number of rotatable bonds is 5. The summed E-state index contributed by atoms with van der Waals surface area (Å²) >= 11 is 0. The van der Waals surface area contributed by atoms with Gasteiger partial charge in [-0.2, -0.15) is 5.10 Å². The average Bonchev–Trinajstić information content (AvgIpc) is 3.28. The minimum absolute atomic E-state index is 0.463.